The molecular formula is C24H25F3N2O4. The molecule has 1 fully saturated rings. The Morgan fingerprint density at radius 3 is 2.36 bits per heavy atom. The smallest absolute Gasteiger partial charge is 0.416 e. The average Bonchev–Trinajstić information content (AvgIpc) is 3.49. The number of halogens is 3. The number of amides is 2. The Kier molecular flexibility index (Phi) is 7.40. The van der Waals surface area contributed by atoms with Crippen LogP contribution in [0, 0.1) is 11.8 Å². The van der Waals surface area contributed by atoms with Crippen molar-refractivity contribution in [1.29, 1.82) is 0 Å². The molecule has 0 heterocycles. The number of carbonyl (C=O) groups is 3. The molecule has 2 unspecified atom stereocenters. The van der Waals surface area contributed by atoms with Gasteiger partial charge in [-0.15, -0.1) is 0 Å². The molecule has 2 amide bonds. The minimum atomic E-state index is -4.47. The predicted molar refractivity (Wildman–Crippen MR) is 115 cm³/mol. The molecule has 6 nitrogen and oxygen atoms in total. The van der Waals surface area contributed by atoms with E-state index in [9.17, 15) is 27.6 Å². The molecule has 0 aromatic heterocycles. The van der Waals surface area contributed by atoms with Crippen LogP contribution in [0.15, 0.2) is 48.5 Å². The number of hydrogen-bond acceptors (Lipinski definition) is 4. The normalized spacial score (nSPS) is 17.2. The third-order valence-corrected chi connectivity index (χ3v) is 5.39. The number of alkyl halides is 3. The Morgan fingerprint density at radius 1 is 1.12 bits per heavy atom. The van der Waals surface area contributed by atoms with E-state index in [0.717, 1.165) is 18.6 Å². The monoisotopic (exact) mass is 462 g/mol. The Balaban J connectivity index is 1.78. The van der Waals surface area contributed by atoms with Gasteiger partial charge in [-0.05, 0) is 55.2 Å². The molecule has 9 heteroatoms. The maximum atomic E-state index is 13.2. The highest BCUT2D eigenvalue weighted by atomic mass is 19.4. The number of anilines is 1. The maximum absolute atomic E-state index is 13.2. The Morgan fingerprint density at radius 2 is 1.79 bits per heavy atom. The summed E-state index contributed by atoms with van der Waals surface area (Å²) in [6.45, 7) is 3.28. The van der Waals surface area contributed by atoms with E-state index in [-0.39, 0.29) is 37.1 Å². The van der Waals surface area contributed by atoms with Crippen LogP contribution in [0.4, 0.5) is 18.9 Å². The number of rotatable bonds is 8. The van der Waals surface area contributed by atoms with Gasteiger partial charge in [0.25, 0.3) is 5.91 Å². The lowest BCUT2D eigenvalue weighted by Gasteiger charge is -2.22. The van der Waals surface area contributed by atoms with Gasteiger partial charge in [0.05, 0.1) is 12.2 Å². The first-order chi connectivity index (χ1) is 15.6. The Labute approximate surface area is 189 Å². The molecule has 1 N–H and O–H groups in total. The lowest BCUT2D eigenvalue weighted by atomic mass is 10.1. The minimum Gasteiger partial charge on any atom is -0.465 e. The van der Waals surface area contributed by atoms with Crippen molar-refractivity contribution in [3.8, 4) is 0 Å². The van der Waals surface area contributed by atoms with Gasteiger partial charge in [-0.2, -0.15) is 13.2 Å². The van der Waals surface area contributed by atoms with Gasteiger partial charge in [-0.3, -0.25) is 14.4 Å². The lowest BCUT2D eigenvalue weighted by Crippen LogP contribution is -2.36. The van der Waals surface area contributed by atoms with E-state index < -0.39 is 23.6 Å². The number of carbonyl (C=O) groups excluding carboxylic acids is 3. The highest BCUT2D eigenvalue weighted by molar-refractivity contribution is 5.99. The highest BCUT2D eigenvalue weighted by Gasteiger charge is 2.39. The molecule has 2 atom stereocenters. The van der Waals surface area contributed by atoms with E-state index >= 15 is 0 Å². The van der Waals surface area contributed by atoms with Crippen LogP contribution in [0.2, 0.25) is 0 Å². The van der Waals surface area contributed by atoms with Crippen molar-refractivity contribution in [1.82, 2.24) is 4.90 Å². The van der Waals surface area contributed by atoms with Crippen LogP contribution < -0.4 is 5.32 Å². The topological polar surface area (TPSA) is 75.7 Å². The van der Waals surface area contributed by atoms with Gasteiger partial charge < -0.3 is 15.0 Å². The van der Waals surface area contributed by atoms with E-state index in [4.69, 9.17) is 4.74 Å². The number of hydrogen-bond donors (Lipinski definition) is 1. The first kappa shape index (κ1) is 24.3. The molecule has 1 aliphatic carbocycles. The first-order valence-electron chi connectivity index (χ1n) is 10.6. The van der Waals surface area contributed by atoms with Gasteiger partial charge in [0, 0.05) is 23.7 Å². The van der Waals surface area contributed by atoms with Gasteiger partial charge >= 0.3 is 12.1 Å². The molecule has 0 spiro atoms. The van der Waals surface area contributed by atoms with E-state index in [1.165, 1.54) is 23.1 Å². The third-order valence-electron chi connectivity index (χ3n) is 5.39. The molecule has 2 aromatic carbocycles. The number of esters is 1. The summed E-state index contributed by atoms with van der Waals surface area (Å²) in [4.78, 5) is 38.7. The quantitative estimate of drug-likeness (QED) is 0.586. The fourth-order valence-corrected chi connectivity index (χ4v) is 3.42. The zero-order valence-electron chi connectivity index (χ0n) is 18.3. The van der Waals surface area contributed by atoms with Crippen LogP contribution in [0.3, 0.4) is 0 Å². The van der Waals surface area contributed by atoms with Crippen LogP contribution >= 0.6 is 0 Å². The van der Waals surface area contributed by atoms with E-state index in [1.807, 2.05) is 6.92 Å². The maximum Gasteiger partial charge on any atom is 0.416 e. The minimum absolute atomic E-state index is 0.0376. The van der Waals surface area contributed by atoms with Gasteiger partial charge in [-0.1, -0.05) is 25.1 Å². The number of nitrogens with zero attached hydrogens (tertiary/aromatic N) is 1. The van der Waals surface area contributed by atoms with Crippen LogP contribution in [0.5, 0.6) is 0 Å². The molecular weight excluding hydrogens is 437 g/mol. The summed E-state index contributed by atoms with van der Waals surface area (Å²) in [5, 5.41) is 2.79. The van der Waals surface area contributed by atoms with Crippen molar-refractivity contribution < 1.29 is 32.3 Å². The lowest BCUT2D eigenvalue weighted by molar-refractivity contribution is -0.144. The molecule has 33 heavy (non-hydrogen) atoms. The fraction of sp³-hybridized carbons (Fsp3) is 0.375. The molecule has 3 rings (SSSR count). The molecule has 0 aliphatic heterocycles. The van der Waals surface area contributed by atoms with E-state index in [1.54, 1.807) is 25.1 Å². The van der Waals surface area contributed by atoms with Gasteiger partial charge in [0.1, 0.15) is 6.54 Å². The number of nitrogens with one attached hydrogen (secondary N) is 1. The third kappa shape index (κ3) is 6.57. The largest absolute Gasteiger partial charge is 0.465 e. The number of ether oxygens (including phenoxy) is 1. The predicted octanol–water partition coefficient (Wildman–Crippen LogP) is 4.51. The summed E-state index contributed by atoms with van der Waals surface area (Å²) in [5.41, 5.74) is 0.305. The average molecular weight is 462 g/mol. The first-order valence-corrected chi connectivity index (χ1v) is 10.6. The zero-order valence-corrected chi connectivity index (χ0v) is 18.3. The molecule has 0 bridgehead atoms. The van der Waals surface area contributed by atoms with Gasteiger partial charge in [0.2, 0.25) is 5.91 Å². The second-order valence-corrected chi connectivity index (χ2v) is 8.05. The zero-order chi connectivity index (χ0) is 24.2. The van der Waals surface area contributed by atoms with Crippen molar-refractivity contribution in [2.75, 3.05) is 18.5 Å². The van der Waals surface area contributed by atoms with Crippen LogP contribution in [0.1, 0.15) is 41.8 Å². The summed E-state index contributed by atoms with van der Waals surface area (Å²) >= 11 is 0. The van der Waals surface area contributed by atoms with E-state index in [2.05, 4.69) is 5.32 Å². The summed E-state index contributed by atoms with van der Waals surface area (Å²) < 4.78 is 43.4. The van der Waals surface area contributed by atoms with Gasteiger partial charge in [-0.25, -0.2) is 0 Å². The van der Waals surface area contributed by atoms with E-state index in [0.29, 0.717) is 17.2 Å². The van der Waals surface area contributed by atoms with Crippen molar-refractivity contribution in [2.24, 2.45) is 11.8 Å². The molecule has 2 aromatic rings. The van der Waals surface area contributed by atoms with Crippen molar-refractivity contribution in [3.05, 3.63) is 65.2 Å². The molecule has 1 saturated carbocycles. The van der Waals surface area contributed by atoms with Crippen molar-refractivity contribution >= 4 is 23.5 Å². The summed E-state index contributed by atoms with van der Waals surface area (Å²) in [7, 11) is 0. The SMILES string of the molecule is CCOC(=O)CN(Cc1ccc(C(F)(F)F)cc1)C(=O)c1cccc(NC(=O)C2CC2C)c1. The molecule has 176 valence electrons. The molecule has 0 radical (unpaired) electrons. The standard InChI is InChI=1S/C24H25F3N2O4/c1-3-33-21(30)14-29(13-16-7-9-18(10-8-16)24(25,26)27)23(32)17-5-4-6-19(12-17)28-22(31)20-11-15(20)2/h4-10,12,15,20H,3,11,13-14H2,1-2H3,(H,28,31). The molecule has 1 aliphatic rings. The van der Waals surface area contributed by atoms with Crippen molar-refractivity contribution in [2.45, 2.75) is 33.0 Å². The van der Waals surface area contributed by atoms with Crippen LogP contribution in [-0.4, -0.2) is 35.8 Å². The second kappa shape index (κ2) is 10.1. The molecule has 0 saturated heterocycles. The summed E-state index contributed by atoms with van der Waals surface area (Å²) in [5.74, 6) is -0.966. The Bertz CT molecular complexity index is 1020. The van der Waals surface area contributed by atoms with Crippen LogP contribution in [-0.2, 0) is 27.0 Å². The Hall–Kier alpha value is -3.36. The summed E-state index contributed by atoms with van der Waals surface area (Å²) in [6.07, 6.45) is -3.65. The second-order valence-electron chi connectivity index (χ2n) is 8.05. The van der Waals surface area contributed by atoms with Gasteiger partial charge in [0.15, 0.2) is 0 Å². The number of benzene rings is 2. The fourth-order valence-electron chi connectivity index (χ4n) is 3.42. The van der Waals surface area contributed by atoms with Crippen molar-refractivity contribution in [3.63, 3.8) is 0 Å². The summed E-state index contributed by atoms with van der Waals surface area (Å²) in [6, 6.07) is 10.7. The highest BCUT2D eigenvalue weighted by Crippen LogP contribution is 2.38. The van der Waals surface area contributed by atoms with Crippen LogP contribution in [0.25, 0.3) is 0 Å².